The fourth-order valence-corrected chi connectivity index (χ4v) is 2.97. The topological polar surface area (TPSA) is 44.1 Å². The first-order valence-electron chi connectivity index (χ1n) is 8.68. The summed E-state index contributed by atoms with van der Waals surface area (Å²) < 4.78 is 47.5. The van der Waals surface area contributed by atoms with E-state index < -0.39 is 11.7 Å². The molecule has 0 spiro atoms. The molecule has 3 aromatic rings. The Morgan fingerprint density at radius 1 is 1.19 bits per heavy atom. The Bertz CT molecular complexity index is 991. The smallest absolute Gasteiger partial charge is 0.416 e. The van der Waals surface area contributed by atoms with Gasteiger partial charge in [-0.3, -0.25) is 9.48 Å². The third-order valence-corrected chi connectivity index (χ3v) is 4.61. The van der Waals surface area contributed by atoms with E-state index in [1.54, 1.807) is 30.5 Å². The third-order valence-electron chi connectivity index (χ3n) is 4.61. The Morgan fingerprint density at radius 2 is 2.00 bits per heavy atom. The van der Waals surface area contributed by atoms with Crippen LogP contribution in [0.5, 0.6) is 5.75 Å². The van der Waals surface area contributed by atoms with Crippen LogP contribution in [0.4, 0.5) is 13.2 Å². The number of nitrogens with zero attached hydrogens (tertiary/aromatic N) is 2. The predicted molar refractivity (Wildman–Crippen MR) is 93.9 cm³/mol. The molecular weight excluding hydrogens is 357 g/mol. The first-order valence-corrected chi connectivity index (χ1v) is 8.68. The number of fused-ring (bicyclic) bond motifs is 1. The summed E-state index contributed by atoms with van der Waals surface area (Å²) in [6.45, 7) is 0.434. The lowest BCUT2D eigenvalue weighted by molar-refractivity contribution is -0.138. The van der Waals surface area contributed by atoms with Crippen LogP contribution in [0.15, 0.2) is 42.6 Å². The van der Waals surface area contributed by atoms with Crippen molar-refractivity contribution in [2.45, 2.75) is 25.6 Å². The van der Waals surface area contributed by atoms with Gasteiger partial charge in [0, 0.05) is 17.1 Å². The highest BCUT2D eigenvalue weighted by Gasteiger charge is 2.34. The molecular formula is C20H17F3N2O2. The number of aldehydes is 1. The van der Waals surface area contributed by atoms with E-state index in [1.807, 2.05) is 0 Å². The molecule has 4 rings (SSSR count). The average molecular weight is 374 g/mol. The Balaban J connectivity index is 1.62. The van der Waals surface area contributed by atoms with Gasteiger partial charge in [0.1, 0.15) is 12.0 Å². The molecule has 1 aromatic heterocycles. The van der Waals surface area contributed by atoms with E-state index in [2.05, 4.69) is 5.10 Å². The fourth-order valence-electron chi connectivity index (χ4n) is 2.97. The molecule has 0 amide bonds. The normalized spacial score (nSPS) is 14.5. The summed E-state index contributed by atoms with van der Waals surface area (Å²) in [5.74, 6) is 0.700. The Morgan fingerprint density at radius 3 is 2.70 bits per heavy atom. The molecule has 0 radical (unpaired) electrons. The molecule has 0 atom stereocenters. The molecule has 1 fully saturated rings. The van der Waals surface area contributed by atoms with E-state index >= 15 is 0 Å². The number of halogens is 3. The summed E-state index contributed by atoms with van der Waals surface area (Å²) in [6.07, 6.45) is 0.0240. The predicted octanol–water partition coefficient (Wildman–Crippen LogP) is 4.70. The van der Waals surface area contributed by atoms with E-state index in [9.17, 15) is 18.0 Å². The molecule has 140 valence electrons. The van der Waals surface area contributed by atoms with Crippen LogP contribution in [0, 0.1) is 5.92 Å². The van der Waals surface area contributed by atoms with E-state index in [4.69, 9.17) is 4.74 Å². The number of hydrogen-bond donors (Lipinski definition) is 0. The van der Waals surface area contributed by atoms with Gasteiger partial charge in [0.25, 0.3) is 0 Å². The molecule has 27 heavy (non-hydrogen) atoms. The number of aromatic nitrogens is 2. The van der Waals surface area contributed by atoms with Crippen molar-refractivity contribution in [3.8, 4) is 5.75 Å². The van der Waals surface area contributed by atoms with Crippen LogP contribution < -0.4 is 4.74 Å². The van der Waals surface area contributed by atoms with Crippen molar-refractivity contribution in [3.05, 3.63) is 59.3 Å². The van der Waals surface area contributed by atoms with Gasteiger partial charge in [0.05, 0.1) is 24.2 Å². The van der Waals surface area contributed by atoms with Gasteiger partial charge in [0.2, 0.25) is 0 Å². The zero-order valence-electron chi connectivity index (χ0n) is 14.4. The lowest BCUT2D eigenvalue weighted by atomic mass is 10.1. The number of hydrogen-bond acceptors (Lipinski definition) is 3. The van der Waals surface area contributed by atoms with Crippen LogP contribution >= 0.6 is 0 Å². The van der Waals surface area contributed by atoms with Gasteiger partial charge >= 0.3 is 6.18 Å². The zero-order valence-corrected chi connectivity index (χ0v) is 14.4. The highest BCUT2D eigenvalue weighted by Crippen LogP contribution is 2.36. The van der Waals surface area contributed by atoms with Gasteiger partial charge in [-0.15, -0.1) is 0 Å². The standard InChI is InChI=1S/C20H17F3N2O2/c21-20(22,23)18-8-17(27-12-13-1-2-13)5-4-15(18)9-25-10-16-7-14(11-26)3-6-19(16)24-25/h3-8,10-11,13H,1-2,9,12H2. The number of carbonyl (C=O) groups is 1. The molecule has 0 saturated heterocycles. The lowest BCUT2D eigenvalue weighted by Gasteiger charge is -2.15. The number of ether oxygens (including phenoxy) is 1. The Kier molecular flexibility index (Phi) is 4.37. The monoisotopic (exact) mass is 374 g/mol. The van der Waals surface area contributed by atoms with E-state index in [1.165, 1.54) is 10.7 Å². The van der Waals surface area contributed by atoms with Crippen LogP contribution in [0.3, 0.4) is 0 Å². The molecule has 1 aliphatic rings. The van der Waals surface area contributed by atoms with Crippen molar-refractivity contribution in [2.24, 2.45) is 5.92 Å². The summed E-state index contributed by atoms with van der Waals surface area (Å²) >= 11 is 0. The Labute approximate surface area is 153 Å². The SMILES string of the molecule is O=Cc1ccc2nn(Cc3ccc(OCC4CC4)cc3C(F)(F)F)cc2c1. The maximum atomic E-state index is 13.5. The zero-order chi connectivity index (χ0) is 19.0. The van der Waals surface area contributed by atoms with Crippen molar-refractivity contribution >= 4 is 17.2 Å². The van der Waals surface area contributed by atoms with Gasteiger partial charge in [0.15, 0.2) is 0 Å². The van der Waals surface area contributed by atoms with Crippen LogP contribution in [-0.2, 0) is 12.7 Å². The largest absolute Gasteiger partial charge is 0.493 e. The molecule has 1 aliphatic carbocycles. The Hall–Kier alpha value is -2.83. The molecule has 0 bridgehead atoms. The summed E-state index contributed by atoms with van der Waals surface area (Å²) in [6, 6.07) is 9.03. The first-order chi connectivity index (χ1) is 12.9. The van der Waals surface area contributed by atoms with E-state index in [0.29, 0.717) is 29.0 Å². The average Bonchev–Trinajstić information content (AvgIpc) is 3.38. The molecule has 0 N–H and O–H groups in total. The molecule has 1 heterocycles. The summed E-state index contributed by atoms with van der Waals surface area (Å²) in [4.78, 5) is 10.9. The van der Waals surface area contributed by atoms with Gasteiger partial charge in [-0.1, -0.05) is 6.07 Å². The summed E-state index contributed by atoms with van der Waals surface area (Å²) in [5, 5.41) is 5.00. The molecule has 1 saturated carbocycles. The highest BCUT2D eigenvalue weighted by atomic mass is 19.4. The molecule has 4 nitrogen and oxygen atoms in total. The van der Waals surface area contributed by atoms with Gasteiger partial charge in [-0.25, -0.2) is 0 Å². The van der Waals surface area contributed by atoms with E-state index in [0.717, 1.165) is 25.2 Å². The first kappa shape index (κ1) is 17.6. The second kappa shape index (κ2) is 6.72. The van der Waals surface area contributed by atoms with Gasteiger partial charge in [-0.05, 0) is 54.7 Å². The summed E-state index contributed by atoms with van der Waals surface area (Å²) in [5.41, 5.74) is 0.516. The highest BCUT2D eigenvalue weighted by molar-refractivity contribution is 5.86. The fraction of sp³-hybridized carbons (Fsp3) is 0.300. The number of rotatable bonds is 6. The van der Waals surface area contributed by atoms with E-state index in [-0.39, 0.29) is 17.9 Å². The van der Waals surface area contributed by atoms with Gasteiger partial charge in [-0.2, -0.15) is 18.3 Å². The van der Waals surface area contributed by atoms with Crippen molar-refractivity contribution in [2.75, 3.05) is 6.61 Å². The van der Waals surface area contributed by atoms with Gasteiger partial charge < -0.3 is 4.74 Å². The number of carbonyl (C=O) groups excluding carboxylic acids is 1. The quantitative estimate of drug-likeness (QED) is 0.587. The molecule has 7 heteroatoms. The minimum Gasteiger partial charge on any atom is -0.493 e. The van der Waals surface area contributed by atoms with Crippen LogP contribution in [0.1, 0.15) is 34.3 Å². The van der Waals surface area contributed by atoms with Crippen LogP contribution in [-0.4, -0.2) is 22.7 Å². The minimum absolute atomic E-state index is 0.0249. The van der Waals surface area contributed by atoms with Crippen LogP contribution in [0.25, 0.3) is 10.9 Å². The van der Waals surface area contributed by atoms with Crippen molar-refractivity contribution in [3.63, 3.8) is 0 Å². The number of alkyl halides is 3. The second-order valence-corrected chi connectivity index (χ2v) is 6.83. The molecule has 2 aromatic carbocycles. The molecule has 0 unspecified atom stereocenters. The van der Waals surface area contributed by atoms with Crippen LogP contribution in [0.2, 0.25) is 0 Å². The lowest BCUT2D eigenvalue weighted by Crippen LogP contribution is -2.13. The minimum atomic E-state index is -4.48. The van der Waals surface area contributed by atoms with Crippen molar-refractivity contribution < 1.29 is 22.7 Å². The van der Waals surface area contributed by atoms with Crippen molar-refractivity contribution in [1.82, 2.24) is 9.78 Å². The van der Waals surface area contributed by atoms with Crippen molar-refractivity contribution in [1.29, 1.82) is 0 Å². The maximum absolute atomic E-state index is 13.5. The maximum Gasteiger partial charge on any atom is 0.416 e. The summed E-state index contributed by atoms with van der Waals surface area (Å²) in [7, 11) is 0. The molecule has 0 aliphatic heterocycles. The second-order valence-electron chi connectivity index (χ2n) is 6.83. The third kappa shape index (κ3) is 3.97. The number of benzene rings is 2.